The number of carbonyl (C=O) groups is 2. The summed E-state index contributed by atoms with van der Waals surface area (Å²) >= 11 is 0. The molecule has 0 saturated heterocycles. The lowest BCUT2D eigenvalue weighted by molar-refractivity contribution is -0.125. The van der Waals surface area contributed by atoms with Crippen LogP contribution in [-0.4, -0.2) is 26.8 Å². The van der Waals surface area contributed by atoms with Gasteiger partial charge in [0.15, 0.2) is 5.69 Å². The lowest BCUT2D eigenvalue weighted by atomic mass is 9.97. The molecule has 0 atom stereocenters. The van der Waals surface area contributed by atoms with Gasteiger partial charge in [0, 0.05) is 18.7 Å². The average molecular weight is 343 g/mol. The van der Waals surface area contributed by atoms with Crippen molar-refractivity contribution in [3.63, 3.8) is 0 Å². The topological polar surface area (TPSA) is 84.2 Å². The molecule has 1 heterocycles. The van der Waals surface area contributed by atoms with Crippen molar-refractivity contribution in [1.29, 1.82) is 0 Å². The van der Waals surface area contributed by atoms with Crippen molar-refractivity contribution >= 4 is 11.9 Å². The Balaban J connectivity index is 2.03. The molecule has 0 spiro atoms. The van der Waals surface area contributed by atoms with E-state index in [9.17, 15) is 9.59 Å². The summed E-state index contributed by atoms with van der Waals surface area (Å²) in [5.41, 5.74) is 1.71. The normalized spacial score (nSPS) is 10.8. The maximum atomic E-state index is 12.3. The Hall–Kier alpha value is -2.63. The Morgan fingerprint density at radius 1 is 1.20 bits per heavy atom. The largest absolute Gasteiger partial charge is 0.476 e. The Morgan fingerprint density at radius 3 is 2.52 bits per heavy atom. The van der Waals surface area contributed by atoms with Gasteiger partial charge in [-0.3, -0.25) is 4.79 Å². The van der Waals surface area contributed by atoms with Gasteiger partial charge in [-0.2, -0.15) is 5.10 Å². The van der Waals surface area contributed by atoms with E-state index in [0.29, 0.717) is 6.54 Å². The molecule has 0 radical (unpaired) electrons. The van der Waals surface area contributed by atoms with Crippen LogP contribution in [-0.2, 0) is 11.3 Å². The van der Waals surface area contributed by atoms with Crippen LogP contribution < -0.4 is 5.32 Å². The van der Waals surface area contributed by atoms with Gasteiger partial charge in [0.1, 0.15) is 0 Å². The minimum atomic E-state index is -1.06. The zero-order chi connectivity index (χ0) is 18.2. The van der Waals surface area contributed by atoms with E-state index in [1.165, 1.54) is 10.7 Å². The number of carboxylic acid groups (broad SMARTS) is 1. The van der Waals surface area contributed by atoms with E-state index in [-0.39, 0.29) is 17.5 Å². The van der Waals surface area contributed by atoms with E-state index in [1.54, 1.807) is 6.20 Å². The maximum Gasteiger partial charge on any atom is 0.356 e. The van der Waals surface area contributed by atoms with Crippen LogP contribution in [0.4, 0.5) is 0 Å². The fourth-order valence-corrected chi connectivity index (χ4v) is 2.83. The molecular formula is C19H25N3O3. The first-order valence-corrected chi connectivity index (χ1v) is 8.71. The van der Waals surface area contributed by atoms with Crippen molar-refractivity contribution in [2.45, 2.75) is 46.1 Å². The lowest BCUT2D eigenvalue weighted by Gasteiger charge is -2.15. The summed E-state index contributed by atoms with van der Waals surface area (Å²) in [6.07, 6.45) is 5.42. The summed E-state index contributed by atoms with van der Waals surface area (Å²) in [4.78, 5) is 23.3. The molecule has 0 saturated carbocycles. The van der Waals surface area contributed by atoms with Crippen LogP contribution in [0.15, 0.2) is 36.5 Å². The summed E-state index contributed by atoms with van der Waals surface area (Å²) < 4.78 is 1.52. The fourth-order valence-electron chi connectivity index (χ4n) is 2.83. The van der Waals surface area contributed by atoms with Gasteiger partial charge in [-0.1, -0.05) is 38.8 Å². The molecule has 0 fully saturated rings. The molecule has 6 nitrogen and oxygen atoms in total. The van der Waals surface area contributed by atoms with Gasteiger partial charge in [-0.25, -0.2) is 9.48 Å². The number of rotatable bonds is 9. The molecule has 1 aromatic carbocycles. The molecule has 0 unspecified atom stereocenters. The predicted molar refractivity (Wildman–Crippen MR) is 95.7 cm³/mol. The molecule has 2 rings (SSSR count). The Kier molecular flexibility index (Phi) is 6.74. The molecule has 0 aliphatic carbocycles. The van der Waals surface area contributed by atoms with Crippen LogP contribution in [0.5, 0.6) is 0 Å². The highest BCUT2D eigenvalue weighted by Gasteiger charge is 2.16. The van der Waals surface area contributed by atoms with Gasteiger partial charge in [-0.15, -0.1) is 0 Å². The minimum absolute atomic E-state index is 0.000629. The first kappa shape index (κ1) is 18.7. The summed E-state index contributed by atoms with van der Waals surface area (Å²) in [7, 11) is 0. The van der Waals surface area contributed by atoms with E-state index >= 15 is 0 Å². The van der Waals surface area contributed by atoms with Gasteiger partial charge >= 0.3 is 5.97 Å². The Morgan fingerprint density at radius 2 is 1.92 bits per heavy atom. The molecule has 0 aliphatic heterocycles. The van der Waals surface area contributed by atoms with Gasteiger partial charge in [-0.05, 0) is 36.6 Å². The highest BCUT2D eigenvalue weighted by Crippen LogP contribution is 2.15. The summed E-state index contributed by atoms with van der Waals surface area (Å²) in [5, 5.41) is 16.0. The number of aromatic nitrogens is 2. The quantitative estimate of drug-likeness (QED) is 0.731. The van der Waals surface area contributed by atoms with Crippen LogP contribution in [0, 0.1) is 5.92 Å². The van der Waals surface area contributed by atoms with E-state index < -0.39 is 5.97 Å². The van der Waals surface area contributed by atoms with Crippen molar-refractivity contribution in [2.24, 2.45) is 5.92 Å². The van der Waals surface area contributed by atoms with Crippen molar-refractivity contribution in [1.82, 2.24) is 15.1 Å². The number of carboxylic acids is 1. The zero-order valence-corrected chi connectivity index (χ0v) is 14.7. The van der Waals surface area contributed by atoms with Crippen molar-refractivity contribution < 1.29 is 14.7 Å². The molecule has 0 bridgehead atoms. The number of carbonyl (C=O) groups excluding carboxylic acids is 1. The first-order valence-electron chi connectivity index (χ1n) is 8.71. The van der Waals surface area contributed by atoms with Crippen molar-refractivity contribution in [3.8, 4) is 5.69 Å². The number of aromatic carboxylic acids is 1. The SMILES string of the molecule is CCCC(CCC)C(=O)NCc1cccc(-n2ccc(C(=O)O)n2)c1. The molecule has 2 aromatic rings. The number of nitrogens with one attached hydrogen (secondary N) is 1. The highest BCUT2D eigenvalue weighted by atomic mass is 16.4. The smallest absolute Gasteiger partial charge is 0.356 e. The highest BCUT2D eigenvalue weighted by molar-refractivity contribution is 5.85. The van der Waals surface area contributed by atoms with E-state index in [1.807, 2.05) is 24.3 Å². The minimum Gasteiger partial charge on any atom is -0.476 e. The van der Waals surface area contributed by atoms with Crippen molar-refractivity contribution in [2.75, 3.05) is 0 Å². The first-order chi connectivity index (χ1) is 12.0. The molecule has 2 N–H and O–H groups in total. The van der Waals surface area contributed by atoms with Gasteiger partial charge in [0.2, 0.25) is 5.91 Å². The van der Waals surface area contributed by atoms with Crippen LogP contribution >= 0.6 is 0 Å². The summed E-state index contributed by atoms with van der Waals surface area (Å²) in [6.45, 7) is 4.63. The van der Waals surface area contributed by atoms with Crippen LogP contribution in [0.1, 0.15) is 55.6 Å². The number of hydrogen-bond donors (Lipinski definition) is 2. The number of hydrogen-bond acceptors (Lipinski definition) is 3. The number of nitrogens with zero attached hydrogens (tertiary/aromatic N) is 2. The zero-order valence-electron chi connectivity index (χ0n) is 14.7. The molecule has 134 valence electrons. The van der Waals surface area contributed by atoms with Gasteiger partial charge < -0.3 is 10.4 Å². The standard InChI is InChI=1S/C19H25N3O3/c1-3-6-15(7-4-2)18(23)20-13-14-8-5-9-16(12-14)22-11-10-17(21-22)19(24)25/h5,8-12,15H,3-4,6-7,13H2,1-2H3,(H,20,23)(H,24,25). The summed E-state index contributed by atoms with van der Waals surface area (Å²) in [5.74, 6) is -0.885. The molecule has 25 heavy (non-hydrogen) atoms. The van der Waals surface area contributed by atoms with Crippen LogP contribution in [0.2, 0.25) is 0 Å². The molecule has 1 amide bonds. The lowest BCUT2D eigenvalue weighted by Crippen LogP contribution is -2.30. The van der Waals surface area contributed by atoms with Crippen LogP contribution in [0.25, 0.3) is 5.69 Å². The second-order valence-electron chi connectivity index (χ2n) is 6.11. The maximum absolute atomic E-state index is 12.3. The predicted octanol–water partition coefficient (Wildman–Crippen LogP) is 3.40. The van der Waals surface area contributed by atoms with Crippen LogP contribution in [0.3, 0.4) is 0 Å². The van der Waals surface area contributed by atoms with E-state index in [2.05, 4.69) is 24.3 Å². The monoisotopic (exact) mass is 343 g/mol. The van der Waals surface area contributed by atoms with E-state index in [4.69, 9.17) is 5.11 Å². The number of benzene rings is 1. The number of amides is 1. The third kappa shape index (κ3) is 5.17. The third-order valence-corrected chi connectivity index (χ3v) is 4.10. The Labute approximate surface area is 147 Å². The van der Waals surface area contributed by atoms with Gasteiger partial charge in [0.05, 0.1) is 5.69 Å². The van der Waals surface area contributed by atoms with E-state index in [0.717, 1.165) is 36.9 Å². The second kappa shape index (κ2) is 9.01. The van der Waals surface area contributed by atoms with Gasteiger partial charge in [0.25, 0.3) is 0 Å². The molecule has 6 heteroatoms. The van der Waals surface area contributed by atoms with Crippen molar-refractivity contribution in [3.05, 3.63) is 47.8 Å². The third-order valence-electron chi connectivity index (χ3n) is 4.10. The Bertz CT molecular complexity index is 718. The summed E-state index contributed by atoms with van der Waals surface area (Å²) in [6, 6.07) is 9.00. The average Bonchev–Trinajstić information content (AvgIpc) is 3.10. The fraction of sp³-hybridized carbons (Fsp3) is 0.421. The molecular weight excluding hydrogens is 318 g/mol. The second-order valence-corrected chi connectivity index (χ2v) is 6.11. The molecule has 0 aliphatic rings. The molecule has 1 aromatic heterocycles.